The van der Waals surface area contributed by atoms with Crippen LogP contribution in [0.4, 0.5) is 0 Å². The van der Waals surface area contributed by atoms with Gasteiger partial charge >= 0.3 is 5.97 Å². The van der Waals surface area contributed by atoms with Crippen molar-refractivity contribution in [3.8, 4) is 23.0 Å². The van der Waals surface area contributed by atoms with E-state index < -0.39 is 5.60 Å². The molecule has 31 heavy (non-hydrogen) atoms. The lowest BCUT2D eigenvalue weighted by molar-refractivity contribution is 0.0224. The van der Waals surface area contributed by atoms with Crippen LogP contribution < -0.4 is 14.2 Å². The van der Waals surface area contributed by atoms with Crippen LogP contribution in [0.25, 0.3) is 0 Å². The van der Waals surface area contributed by atoms with Crippen molar-refractivity contribution >= 4 is 5.97 Å². The van der Waals surface area contributed by atoms with Crippen molar-refractivity contribution in [2.45, 2.75) is 45.5 Å². The van der Waals surface area contributed by atoms with Crippen molar-refractivity contribution in [1.82, 2.24) is 0 Å². The van der Waals surface area contributed by atoms with Crippen LogP contribution in [0.3, 0.4) is 0 Å². The first-order valence-electron chi connectivity index (χ1n) is 10.5. The minimum Gasteiger partial charge on any atom is -0.491 e. The molecule has 0 N–H and O–H groups in total. The van der Waals surface area contributed by atoms with E-state index >= 15 is 0 Å². The molecule has 5 rings (SSSR count). The van der Waals surface area contributed by atoms with Gasteiger partial charge in [-0.25, -0.2) is 4.79 Å². The molecule has 0 atom stereocenters. The van der Waals surface area contributed by atoms with Crippen molar-refractivity contribution in [1.29, 1.82) is 0 Å². The summed E-state index contributed by atoms with van der Waals surface area (Å²) in [5, 5.41) is 0. The zero-order valence-corrected chi connectivity index (χ0v) is 18.0. The largest absolute Gasteiger partial charge is 0.491 e. The van der Waals surface area contributed by atoms with Gasteiger partial charge in [-0.15, -0.1) is 0 Å². The first-order valence-corrected chi connectivity index (χ1v) is 10.5. The minimum atomic E-state index is -1.08. The van der Waals surface area contributed by atoms with E-state index in [1.165, 1.54) is 0 Å². The summed E-state index contributed by atoms with van der Waals surface area (Å²) in [4.78, 5) is 12.9. The van der Waals surface area contributed by atoms with Crippen molar-refractivity contribution in [2.24, 2.45) is 0 Å². The Bertz CT molecular complexity index is 1120. The van der Waals surface area contributed by atoms with E-state index in [0.717, 1.165) is 16.7 Å². The number of benzene rings is 3. The van der Waals surface area contributed by atoms with Gasteiger partial charge in [-0.1, -0.05) is 18.2 Å². The van der Waals surface area contributed by atoms with Gasteiger partial charge in [0.15, 0.2) is 5.60 Å². The third kappa shape index (κ3) is 3.03. The summed E-state index contributed by atoms with van der Waals surface area (Å²) in [5.41, 5.74) is 1.83. The minimum absolute atomic E-state index is 0.0268. The maximum Gasteiger partial charge on any atom is 0.340 e. The molecule has 3 aromatic rings. The fourth-order valence-corrected chi connectivity index (χ4v) is 4.33. The first kappa shape index (κ1) is 19.5. The molecule has 0 saturated heterocycles. The summed E-state index contributed by atoms with van der Waals surface area (Å²) < 4.78 is 24.2. The molecule has 0 saturated carbocycles. The van der Waals surface area contributed by atoms with Crippen LogP contribution in [0.15, 0.2) is 60.7 Å². The van der Waals surface area contributed by atoms with E-state index in [0.29, 0.717) is 28.6 Å². The van der Waals surface area contributed by atoms with Gasteiger partial charge in [-0.3, -0.25) is 0 Å². The topological polar surface area (TPSA) is 54.0 Å². The highest BCUT2D eigenvalue weighted by molar-refractivity contribution is 5.97. The molecule has 158 valence electrons. The predicted molar refractivity (Wildman–Crippen MR) is 116 cm³/mol. The van der Waals surface area contributed by atoms with Gasteiger partial charge in [0.1, 0.15) is 23.0 Å². The second-order valence-corrected chi connectivity index (χ2v) is 8.37. The Kier molecular flexibility index (Phi) is 4.43. The Labute approximate surface area is 181 Å². The smallest absolute Gasteiger partial charge is 0.340 e. The second-order valence-electron chi connectivity index (χ2n) is 8.37. The fourth-order valence-electron chi connectivity index (χ4n) is 4.33. The molecule has 0 aliphatic carbocycles. The molecule has 5 nitrogen and oxygen atoms in total. The Morgan fingerprint density at radius 3 is 1.84 bits per heavy atom. The monoisotopic (exact) mass is 416 g/mol. The van der Waals surface area contributed by atoms with Crippen molar-refractivity contribution in [3.05, 3.63) is 82.9 Å². The third-order valence-corrected chi connectivity index (χ3v) is 5.40. The molecule has 0 unspecified atom stereocenters. The van der Waals surface area contributed by atoms with Gasteiger partial charge in [0.25, 0.3) is 0 Å². The maximum atomic E-state index is 12.9. The van der Waals surface area contributed by atoms with E-state index in [1.807, 2.05) is 82.3 Å². The number of carbonyl (C=O) groups is 1. The molecular formula is C26H24O5. The van der Waals surface area contributed by atoms with Gasteiger partial charge in [0.2, 0.25) is 0 Å². The van der Waals surface area contributed by atoms with Crippen LogP contribution in [0.2, 0.25) is 0 Å². The number of ether oxygens (including phenoxy) is 4. The SMILES string of the molecule is CC(C)Oc1ccc2c(c1)Oc1cc(OC(C)C)ccc1C21OC(=O)c2ccccc21. The summed E-state index contributed by atoms with van der Waals surface area (Å²) in [6.07, 6.45) is 0.0536. The molecule has 2 aliphatic rings. The molecule has 0 bridgehead atoms. The molecule has 0 aromatic heterocycles. The number of esters is 1. The Balaban J connectivity index is 1.75. The third-order valence-electron chi connectivity index (χ3n) is 5.40. The fraction of sp³-hybridized carbons (Fsp3) is 0.269. The van der Waals surface area contributed by atoms with E-state index in [-0.39, 0.29) is 18.2 Å². The average molecular weight is 416 g/mol. The highest BCUT2D eigenvalue weighted by atomic mass is 16.6. The molecule has 3 aromatic carbocycles. The van der Waals surface area contributed by atoms with Gasteiger partial charge in [0.05, 0.1) is 17.8 Å². The van der Waals surface area contributed by atoms with Gasteiger partial charge < -0.3 is 18.9 Å². The van der Waals surface area contributed by atoms with Gasteiger partial charge in [0, 0.05) is 28.8 Å². The lowest BCUT2D eigenvalue weighted by Crippen LogP contribution is -2.33. The quantitative estimate of drug-likeness (QED) is 0.501. The lowest BCUT2D eigenvalue weighted by Gasteiger charge is -2.36. The second kappa shape index (κ2) is 7.05. The predicted octanol–water partition coefficient (Wildman–Crippen LogP) is 5.83. The molecule has 0 fully saturated rings. The lowest BCUT2D eigenvalue weighted by atomic mass is 9.77. The van der Waals surface area contributed by atoms with E-state index in [1.54, 1.807) is 6.07 Å². The highest BCUT2D eigenvalue weighted by Gasteiger charge is 2.53. The molecule has 2 aliphatic heterocycles. The number of fused-ring (bicyclic) bond motifs is 6. The van der Waals surface area contributed by atoms with Gasteiger partial charge in [-0.05, 0) is 58.0 Å². The normalized spacial score (nSPS) is 15.2. The van der Waals surface area contributed by atoms with Crippen LogP contribution in [-0.2, 0) is 10.3 Å². The molecule has 2 heterocycles. The average Bonchev–Trinajstić information content (AvgIpc) is 3.00. The summed E-state index contributed by atoms with van der Waals surface area (Å²) >= 11 is 0. The van der Waals surface area contributed by atoms with E-state index in [9.17, 15) is 4.79 Å². The zero-order chi connectivity index (χ0) is 21.8. The summed E-state index contributed by atoms with van der Waals surface area (Å²) in [7, 11) is 0. The van der Waals surface area contributed by atoms with Crippen LogP contribution in [0.1, 0.15) is 54.7 Å². The van der Waals surface area contributed by atoms with Crippen LogP contribution in [0, 0.1) is 0 Å². The van der Waals surface area contributed by atoms with Crippen molar-refractivity contribution < 1.29 is 23.7 Å². The number of hydrogen-bond acceptors (Lipinski definition) is 5. The molecule has 1 spiro atoms. The number of hydrogen-bond donors (Lipinski definition) is 0. The Hall–Kier alpha value is -3.47. The van der Waals surface area contributed by atoms with Crippen molar-refractivity contribution in [3.63, 3.8) is 0 Å². The molecule has 5 heteroatoms. The van der Waals surface area contributed by atoms with Crippen LogP contribution in [-0.4, -0.2) is 18.2 Å². The highest BCUT2D eigenvalue weighted by Crippen LogP contribution is 2.57. The Morgan fingerprint density at radius 1 is 0.742 bits per heavy atom. The Morgan fingerprint density at radius 2 is 1.29 bits per heavy atom. The summed E-state index contributed by atoms with van der Waals surface area (Å²) in [6.45, 7) is 7.90. The maximum absolute atomic E-state index is 12.9. The van der Waals surface area contributed by atoms with Crippen LogP contribution >= 0.6 is 0 Å². The molecular weight excluding hydrogens is 392 g/mol. The standard InChI is InChI=1S/C26H24O5/c1-15(2)28-17-9-11-21-23(13-17)30-24-14-18(29-16(3)4)10-12-22(24)26(21)20-8-6-5-7-19(20)25(27)31-26/h5-16H,1-4H3. The van der Waals surface area contributed by atoms with Crippen molar-refractivity contribution in [2.75, 3.05) is 0 Å². The van der Waals surface area contributed by atoms with Gasteiger partial charge in [-0.2, -0.15) is 0 Å². The number of carbonyl (C=O) groups excluding carboxylic acids is 1. The number of rotatable bonds is 4. The summed E-state index contributed by atoms with van der Waals surface area (Å²) in [6, 6.07) is 18.8. The van der Waals surface area contributed by atoms with Crippen LogP contribution in [0.5, 0.6) is 23.0 Å². The summed E-state index contributed by atoms with van der Waals surface area (Å²) in [5.74, 6) is 2.23. The van der Waals surface area contributed by atoms with E-state index in [2.05, 4.69) is 0 Å². The molecule has 0 amide bonds. The van der Waals surface area contributed by atoms with E-state index in [4.69, 9.17) is 18.9 Å². The zero-order valence-electron chi connectivity index (χ0n) is 18.0. The molecule has 0 radical (unpaired) electrons. The first-order chi connectivity index (χ1) is 14.9.